The highest BCUT2D eigenvalue weighted by atomic mass is 16.5. The van der Waals surface area contributed by atoms with E-state index in [1.807, 2.05) is 6.07 Å². The smallest absolute Gasteiger partial charge is 0.176 e. The van der Waals surface area contributed by atoms with Crippen molar-refractivity contribution in [1.82, 2.24) is 0 Å². The van der Waals surface area contributed by atoms with E-state index in [9.17, 15) is 4.79 Å². The lowest BCUT2D eigenvalue weighted by Crippen LogP contribution is -2.02. The van der Waals surface area contributed by atoms with Crippen molar-refractivity contribution < 1.29 is 9.53 Å². The molecule has 0 fully saturated rings. The van der Waals surface area contributed by atoms with Crippen molar-refractivity contribution in [2.24, 2.45) is 5.92 Å². The molecule has 1 aromatic rings. The van der Waals surface area contributed by atoms with Crippen molar-refractivity contribution in [3.05, 3.63) is 29.8 Å². The Morgan fingerprint density at radius 2 is 2.00 bits per heavy atom. The predicted molar refractivity (Wildman–Crippen MR) is 66.0 cm³/mol. The first kappa shape index (κ1) is 13.2. The topological polar surface area (TPSA) is 50.1 Å². The van der Waals surface area contributed by atoms with Crippen LogP contribution >= 0.6 is 0 Å². The zero-order chi connectivity index (χ0) is 12.7. The van der Waals surface area contributed by atoms with Gasteiger partial charge in [-0.15, -0.1) is 0 Å². The maximum absolute atomic E-state index is 11.4. The molecule has 0 bridgehead atoms. The van der Waals surface area contributed by atoms with Crippen LogP contribution in [0.15, 0.2) is 24.3 Å². The third-order valence-corrected chi connectivity index (χ3v) is 2.38. The Kier molecular flexibility index (Phi) is 5.22. The molecule has 0 saturated heterocycles. The summed E-state index contributed by atoms with van der Waals surface area (Å²) in [4.78, 5) is 11.4. The highest BCUT2D eigenvalue weighted by Gasteiger charge is 2.04. The molecule has 0 aliphatic carbocycles. The minimum atomic E-state index is -0.152. The van der Waals surface area contributed by atoms with Crippen molar-refractivity contribution in [3.63, 3.8) is 0 Å². The third kappa shape index (κ3) is 4.69. The summed E-state index contributed by atoms with van der Waals surface area (Å²) in [7, 11) is 0. The third-order valence-electron chi connectivity index (χ3n) is 2.38. The van der Waals surface area contributed by atoms with Gasteiger partial charge in [-0.05, 0) is 36.6 Å². The normalized spacial score (nSPS) is 10.0. The molecule has 17 heavy (non-hydrogen) atoms. The van der Waals surface area contributed by atoms with Crippen LogP contribution in [0.5, 0.6) is 5.75 Å². The van der Waals surface area contributed by atoms with Crippen molar-refractivity contribution in [2.75, 3.05) is 6.61 Å². The molecule has 1 aromatic carbocycles. The SMILES string of the molecule is CC(C)CCOc1ccc(C(=O)CC#N)cc1. The number of nitriles is 1. The molecule has 0 N–H and O–H groups in total. The first-order chi connectivity index (χ1) is 8.13. The largest absolute Gasteiger partial charge is 0.494 e. The summed E-state index contributed by atoms with van der Waals surface area (Å²) in [5.41, 5.74) is 0.558. The average Bonchev–Trinajstić information content (AvgIpc) is 2.30. The van der Waals surface area contributed by atoms with Gasteiger partial charge in [0, 0.05) is 5.56 Å². The maximum atomic E-state index is 11.4. The summed E-state index contributed by atoms with van der Waals surface area (Å²) in [6.07, 6.45) is 0.933. The van der Waals surface area contributed by atoms with E-state index in [0.717, 1.165) is 12.2 Å². The van der Waals surface area contributed by atoms with Gasteiger partial charge in [-0.25, -0.2) is 0 Å². The molecule has 3 nitrogen and oxygen atoms in total. The molecule has 0 radical (unpaired) electrons. The van der Waals surface area contributed by atoms with Crippen LogP contribution < -0.4 is 4.74 Å². The number of Topliss-reactive ketones (excluding diaryl/α,β-unsaturated/α-hetero) is 1. The van der Waals surface area contributed by atoms with Gasteiger partial charge in [-0.3, -0.25) is 4.79 Å². The molecule has 0 unspecified atom stereocenters. The number of ether oxygens (including phenoxy) is 1. The van der Waals surface area contributed by atoms with Gasteiger partial charge in [0.1, 0.15) is 5.75 Å². The van der Waals surface area contributed by atoms with E-state index in [2.05, 4.69) is 13.8 Å². The number of ketones is 1. The van der Waals surface area contributed by atoms with Crippen LogP contribution in [0.1, 0.15) is 37.0 Å². The fourth-order valence-corrected chi connectivity index (χ4v) is 1.32. The predicted octanol–water partition coefficient (Wildman–Crippen LogP) is 3.21. The number of carbonyl (C=O) groups is 1. The zero-order valence-electron chi connectivity index (χ0n) is 10.3. The highest BCUT2D eigenvalue weighted by Crippen LogP contribution is 2.14. The molecule has 0 atom stereocenters. The molecule has 0 aromatic heterocycles. The lowest BCUT2D eigenvalue weighted by Gasteiger charge is -2.08. The molecule has 0 spiro atoms. The standard InChI is InChI=1S/C14H17NO2/c1-11(2)8-10-17-13-5-3-12(4-6-13)14(16)7-9-15/h3-6,11H,7-8,10H2,1-2H3. The van der Waals surface area contributed by atoms with Crippen LogP contribution in [0, 0.1) is 17.2 Å². The molecule has 3 heteroatoms. The van der Waals surface area contributed by atoms with E-state index in [4.69, 9.17) is 10.00 Å². The second kappa shape index (κ2) is 6.70. The molecule has 0 heterocycles. The fraction of sp³-hybridized carbons (Fsp3) is 0.429. The first-order valence-electron chi connectivity index (χ1n) is 5.76. The molecular formula is C14H17NO2. The Labute approximate surface area is 102 Å². The minimum Gasteiger partial charge on any atom is -0.494 e. The van der Waals surface area contributed by atoms with Gasteiger partial charge in [0.15, 0.2) is 5.78 Å². The number of rotatable bonds is 6. The van der Waals surface area contributed by atoms with Gasteiger partial charge in [0.25, 0.3) is 0 Å². The van der Waals surface area contributed by atoms with Gasteiger partial charge in [-0.2, -0.15) is 5.26 Å². The molecular weight excluding hydrogens is 214 g/mol. The van der Waals surface area contributed by atoms with Crippen LogP contribution in [0.2, 0.25) is 0 Å². The summed E-state index contributed by atoms with van der Waals surface area (Å²) in [6, 6.07) is 8.78. The molecule has 0 aliphatic heterocycles. The van der Waals surface area contributed by atoms with E-state index in [-0.39, 0.29) is 12.2 Å². The summed E-state index contributed by atoms with van der Waals surface area (Å²) in [5, 5.41) is 8.43. The van der Waals surface area contributed by atoms with Crippen LogP contribution in [0.25, 0.3) is 0 Å². The molecule has 0 amide bonds. The lowest BCUT2D eigenvalue weighted by molar-refractivity contribution is 0.0997. The highest BCUT2D eigenvalue weighted by molar-refractivity contribution is 5.97. The van der Waals surface area contributed by atoms with Crippen molar-refractivity contribution >= 4 is 5.78 Å². The van der Waals surface area contributed by atoms with E-state index < -0.39 is 0 Å². The van der Waals surface area contributed by atoms with Gasteiger partial charge in [0.05, 0.1) is 19.1 Å². The first-order valence-corrected chi connectivity index (χ1v) is 5.76. The second-order valence-corrected chi connectivity index (χ2v) is 4.31. The van der Waals surface area contributed by atoms with Gasteiger partial charge >= 0.3 is 0 Å². The Balaban J connectivity index is 2.51. The number of hydrogen-bond acceptors (Lipinski definition) is 3. The number of carbonyl (C=O) groups excluding carboxylic acids is 1. The van der Waals surface area contributed by atoms with E-state index in [1.54, 1.807) is 24.3 Å². The number of nitrogens with zero attached hydrogens (tertiary/aromatic N) is 1. The molecule has 90 valence electrons. The Morgan fingerprint density at radius 1 is 1.35 bits per heavy atom. The summed E-state index contributed by atoms with van der Waals surface area (Å²) >= 11 is 0. The molecule has 1 rings (SSSR count). The molecule has 0 saturated carbocycles. The zero-order valence-corrected chi connectivity index (χ0v) is 10.3. The summed E-state index contributed by atoms with van der Waals surface area (Å²) in [6.45, 7) is 4.98. The van der Waals surface area contributed by atoms with Crippen molar-refractivity contribution in [3.8, 4) is 11.8 Å². The summed E-state index contributed by atoms with van der Waals surface area (Å²) < 4.78 is 5.54. The van der Waals surface area contributed by atoms with E-state index >= 15 is 0 Å². The van der Waals surface area contributed by atoms with Crippen LogP contribution in [-0.4, -0.2) is 12.4 Å². The monoisotopic (exact) mass is 231 g/mol. The minimum absolute atomic E-state index is 0.0758. The Hall–Kier alpha value is -1.82. The van der Waals surface area contributed by atoms with Crippen LogP contribution in [0.4, 0.5) is 0 Å². The average molecular weight is 231 g/mol. The van der Waals surface area contributed by atoms with Gasteiger partial charge in [0.2, 0.25) is 0 Å². The number of benzene rings is 1. The van der Waals surface area contributed by atoms with Gasteiger partial charge in [-0.1, -0.05) is 13.8 Å². The second-order valence-electron chi connectivity index (χ2n) is 4.31. The summed E-state index contributed by atoms with van der Waals surface area (Å²) in [5.74, 6) is 1.23. The van der Waals surface area contributed by atoms with Crippen molar-refractivity contribution in [2.45, 2.75) is 26.7 Å². The Bertz CT molecular complexity index is 401. The van der Waals surface area contributed by atoms with Gasteiger partial charge < -0.3 is 4.74 Å². The lowest BCUT2D eigenvalue weighted by atomic mass is 10.1. The fourth-order valence-electron chi connectivity index (χ4n) is 1.32. The molecule has 0 aliphatic rings. The van der Waals surface area contributed by atoms with Crippen LogP contribution in [0.3, 0.4) is 0 Å². The van der Waals surface area contributed by atoms with Crippen LogP contribution in [-0.2, 0) is 0 Å². The van der Waals surface area contributed by atoms with Crippen molar-refractivity contribution in [1.29, 1.82) is 5.26 Å². The van der Waals surface area contributed by atoms with E-state index in [1.165, 1.54) is 0 Å². The number of hydrogen-bond donors (Lipinski definition) is 0. The maximum Gasteiger partial charge on any atom is 0.176 e. The van der Waals surface area contributed by atoms with E-state index in [0.29, 0.717) is 18.1 Å². The Morgan fingerprint density at radius 3 is 2.53 bits per heavy atom. The quantitative estimate of drug-likeness (QED) is 0.706.